The van der Waals surface area contributed by atoms with Crippen molar-refractivity contribution in [1.29, 1.82) is 5.26 Å². The van der Waals surface area contributed by atoms with Gasteiger partial charge in [-0.2, -0.15) is 22.3 Å². The van der Waals surface area contributed by atoms with Crippen LogP contribution in [0.2, 0.25) is 0 Å². The number of hydrogen-bond acceptors (Lipinski definition) is 5. The average Bonchev–Trinajstić information content (AvgIpc) is 3.35. The minimum atomic E-state index is -3.51. The van der Waals surface area contributed by atoms with E-state index in [1.54, 1.807) is 0 Å². The minimum Gasteiger partial charge on any atom is -0.354 e. The molecule has 1 aromatic rings. The molecule has 202 valence electrons. The van der Waals surface area contributed by atoms with Gasteiger partial charge in [-0.05, 0) is 31.7 Å². The van der Waals surface area contributed by atoms with E-state index in [0.29, 0.717) is 19.0 Å². The minimum absolute atomic E-state index is 0. The quantitative estimate of drug-likeness (QED) is 0.290. The molecule has 1 atom stereocenters. The molecule has 3 heterocycles. The molecule has 0 radical (unpaired) electrons. The Kier molecular flexibility index (Phi) is 11.4. The van der Waals surface area contributed by atoms with Crippen molar-refractivity contribution >= 4 is 46.5 Å². The number of carbonyl (C=O) groups is 2. The van der Waals surface area contributed by atoms with Crippen LogP contribution in [0, 0.1) is 40.6 Å². The fourth-order valence-corrected chi connectivity index (χ4v) is 6.10. The van der Waals surface area contributed by atoms with Gasteiger partial charge in [-0.1, -0.05) is 0 Å². The molecule has 14 heteroatoms. The molecule has 3 fully saturated rings. The van der Waals surface area contributed by atoms with E-state index >= 15 is 0 Å². The predicted molar refractivity (Wildman–Crippen MR) is 136 cm³/mol. The first-order valence-electron chi connectivity index (χ1n) is 11.4. The number of likely N-dealkylation sites (tertiary alicyclic amines) is 1. The summed E-state index contributed by atoms with van der Waals surface area (Å²) in [5, 5.41) is 10.9. The second-order valence-electron chi connectivity index (χ2n) is 8.74. The normalized spacial score (nSPS) is 20.8. The number of nitriles is 1. The van der Waals surface area contributed by atoms with Crippen molar-refractivity contribution in [2.75, 3.05) is 39.3 Å². The summed E-state index contributed by atoms with van der Waals surface area (Å²) in [6, 6.07) is 3.36. The SMILES string of the molecule is I.N#CC1CN(S(=O)(=O)N2CCC[C@H](C(=O)N3CCCC3)C2)C1.O=CNCc1cc(F)cc(F)c1F.[HH]. The molecule has 3 aliphatic heterocycles. The summed E-state index contributed by atoms with van der Waals surface area (Å²) in [5.74, 6) is -3.58. The molecule has 2 amide bonds. The van der Waals surface area contributed by atoms with Crippen molar-refractivity contribution in [2.24, 2.45) is 11.8 Å². The number of nitrogens with zero attached hydrogens (tertiary/aromatic N) is 4. The molecule has 1 aromatic carbocycles. The van der Waals surface area contributed by atoms with E-state index in [9.17, 15) is 31.2 Å². The van der Waals surface area contributed by atoms with Gasteiger partial charge in [-0.15, -0.1) is 24.0 Å². The second kappa shape index (κ2) is 13.5. The molecular formula is C22H31F3IN5O4S. The Morgan fingerprint density at radius 1 is 1.11 bits per heavy atom. The molecule has 0 aromatic heterocycles. The number of rotatable bonds is 6. The fraction of sp³-hybridized carbons (Fsp3) is 0.591. The third-order valence-corrected chi connectivity index (χ3v) is 8.21. The molecule has 4 rings (SSSR count). The van der Waals surface area contributed by atoms with E-state index in [1.165, 1.54) is 8.61 Å². The van der Waals surface area contributed by atoms with Crippen LogP contribution in [-0.4, -0.2) is 73.5 Å². The van der Waals surface area contributed by atoms with E-state index in [2.05, 4.69) is 11.4 Å². The average molecular weight is 645 g/mol. The lowest BCUT2D eigenvalue weighted by molar-refractivity contribution is -0.135. The van der Waals surface area contributed by atoms with Gasteiger partial charge in [0.05, 0.1) is 17.9 Å². The van der Waals surface area contributed by atoms with Crippen LogP contribution in [-0.2, 0) is 26.3 Å². The van der Waals surface area contributed by atoms with Gasteiger partial charge in [0.15, 0.2) is 11.6 Å². The molecule has 0 unspecified atom stereocenters. The second-order valence-corrected chi connectivity index (χ2v) is 10.7. The van der Waals surface area contributed by atoms with Crippen molar-refractivity contribution in [3.8, 4) is 6.07 Å². The monoisotopic (exact) mass is 645 g/mol. The van der Waals surface area contributed by atoms with Crippen LogP contribution in [0.4, 0.5) is 13.2 Å². The number of amides is 2. The molecule has 0 bridgehead atoms. The highest BCUT2D eigenvalue weighted by Crippen LogP contribution is 2.27. The number of nitrogens with one attached hydrogen (secondary N) is 1. The topological polar surface area (TPSA) is 114 Å². The smallest absolute Gasteiger partial charge is 0.282 e. The lowest BCUT2D eigenvalue weighted by atomic mass is 9.98. The van der Waals surface area contributed by atoms with Crippen LogP contribution in [0.15, 0.2) is 12.1 Å². The first-order chi connectivity index (χ1) is 16.7. The van der Waals surface area contributed by atoms with E-state index in [-0.39, 0.29) is 74.9 Å². The number of piperidine rings is 1. The van der Waals surface area contributed by atoms with Gasteiger partial charge in [0.2, 0.25) is 12.3 Å². The third-order valence-electron chi connectivity index (χ3n) is 6.28. The first kappa shape index (κ1) is 30.3. The van der Waals surface area contributed by atoms with E-state index in [0.717, 1.165) is 44.8 Å². The van der Waals surface area contributed by atoms with Crippen LogP contribution in [0.25, 0.3) is 0 Å². The van der Waals surface area contributed by atoms with Gasteiger partial charge in [-0.25, -0.2) is 13.2 Å². The predicted octanol–water partition coefficient (Wildman–Crippen LogP) is 2.23. The summed E-state index contributed by atoms with van der Waals surface area (Å²) in [6.45, 7) is 2.69. The van der Waals surface area contributed by atoms with Crippen LogP contribution in [0.1, 0.15) is 32.7 Å². The Morgan fingerprint density at radius 2 is 1.78 bits per heavy atom. The lowest BCUT2D eigenvalue weighted by Gasteiger charge is -2.40. The Hall–Kier alpha value is -1.96. The van der Waals surface area contributed by atoms with Crippen molar-refractivity contribution in [2.45, 2.75) is 32.2 Å². The summed E-state index contributed by atoms with van der Waals surface area (Å²) in [7, 11) is -3.51. The zero-order valence-electron chi connectivity index (χ0n) is 19.5. The molecule has 0 spiro atoms. The zero-order chi connectivity index (χ0) is 25.6. The number of halogens is 4. The molecular weight excluding hydrogens is 614 g/mol. The summed E-state index contributed by atoms with van der Waals surface area (Å²) in [5.41, 5.74) is -0.218. The molecule has 36 heavy (non-hydrogen) atoms. The van der Waals surface area contributed by atoms with Gasteiger partial charge in [0, 0.05) is 58.9 Å². The van der Waals surface area contributed by atoms with Crippen molar-refractivity contribution < 1.29 is 32.6 Å². The third kappa shape index (κ3) is 7.30. The molecule has 0 saturated carbocycles. The van der Waals surface area contributed by atoms with Gasteiger partial charge in [0.25, 0.3) is 10.2 Å². The molecule has 3 aliphatic rings. The van der Waals surface area contributed by atoms with Crippen LogP contribution < -0.4 is 5.32 Å². The Bertz CT molecular complexity index is 1080. The van der Waals surface area contributed by atoms with E-state index in [1.807, 2.05) is 4.90 Å². The highest BCUT2D eigenvalue weighted by atomic mass is 127. The fourth-order valence-electron chi connectivity index (χ4n) is 4.31. The largest absolute Gasteiger partial charge is 0.354 e. The van der Waals surface area contributed by atoms with Gasteiger partial charge in [-0.3, -0.25) is 9.59 Å². The number of hydrogen-bond donors (Lipinski definition) is 1. The maximum absolute atomic E-state index is 12.8. The molecule has 0 aliphatic carbocycles. The number of benzene rings is 1. The van der Waals surface area contributed by atoms with E-state index in [4.69, 9.17) is 5.26 Å². The number of carbonyl (C=O) groups excluding carboxylic acids is 2. The van der Waals surface area contributed by atoms with Crippen molar-refractivity contribution in [3.63, 3.8) is 0 Å². The van der Waals surface area contributed by atoms with E-state index < -0.39 is 27.7 Å². The van der Waals surface area contributed by atoms with Crippen LogP contribution >= 0.6 is 24.0 Å². The van der Waals surface area contributed by atoms with Crippen LogP contribution in [0.5, 0.6) is 0 Å². The van der Waals surface area contributed by atoms with Crippen molar-refractivity contribution in [3.05, 3.63) is 35.1 Å². The summed E-state index contributed by atoms with van der Waals surface area (Å²) in [6.07, 6.45) is 3.90. The highest BCUT2D eigenvalue weighted by molar-refractivity contribution is 14.0. The van der Waals surface area contributed by atoms with Gasteiger partial charge >= 0.3 is 0 Å². The Morgan fingerprint density at radius 3 is 2.39 bits per heavy atom. The maximum Gasteiger partial charge on any atom is 0.282 e. The summed E-state index contributed by atoms with van der Waals surface area (Å²) >= 11 is 0. The summed E-state index contributed by atoms with van der Waals surface area (Å²) < 4.78 is 65.7. The molecule has 1 N–H and O–H groups in total. The van der Waals surface area contributed by atoms with Crippen LogP contribution in [0.3, 0.4) is 0 Å². The van der Waals surface area contributed by atoms with Gasteiger partial charge < -0.3 is 10.2 Å². The summed E-state index contributed by atoms with van der Waals surface area (Å²) in [4.78, 5) is 24.2. The zero-order valence-corrected chi connectivity index (χ0v) is 22.7. The molecule has 9 nitrogen and oxygen atoms in total. The van der Waals surface area contributed by atoms with Crippen molar-refractivity contribution in [1.82, 2.24) is 18.8 Å². The molecule has 3 saturated heterocycles. The highest BCUT2D eigenvalue weighted by Gasteiger charge is 2.42. The van der Waals surface area contributed by atoms with Gasteiger partial charge in [0.1, 0.15) is 5.82 Å². The lowest BCUT2D eigenvalue weighted by Crippen LogP contribution is -2.57. The Balaban J connectivity index is 0.000000396. The first-order valence-corrected chi connectivity index (χ1v) is 12.8. The standard InChI is InChI=1S/C14H22N4O3S.C8H6F3NO.HI.H2/c15-8-12-9-18(10-12)22(20,21)17-7-3-4-13(11-17)14(19)16-5-1-2-6-16;9-6-1-5(3-12-4-13)8(11)7(10)2-6;;/h12-13H,1-7,9-11H2;1-2,4H,3H2,(H,12,13);2*1H/t13-;;;/m0.../s1. The maximum atomic E-state index is 12.8. The Labute approximate surface area is 227 Å².